The number of piperazine rings is 1. The van der Waals surface area contributed by atoms with Crippen molar-refractivity contribution in [2.75, 3.05) is 26.2 Å². The first-order chi connectivity index (χ1) is 10.0. The lowest BCUT2D eigenvalue weighted by atomic mass is 10.1. The number of amides is 1. The third kappa shape index (κ3) is 3.52. The van der Waals surface area contributed by atoms with Gasteiger partial charge in [0, 0.05) is 43.3 Å². The molecule has 1 fully saturated rings. The molecule has 0 aliphatic carbocycles. The Kier molecular flexibility index (Phi) is 4.80. The number of carbonyl (C=O) groups is 1. The number of nitrogens with two attached hydrogens (primary N) is 1. The zero-order valence-electron chi connectivity index (χ0n) is 12.5. The van der Waals surface area contributed by atoms with E-state index < -0.39 is 0 Å². The molecule has 1 aliphatic heterocycles. The van der Waals surface area contributed by atoms with Crippen molar-refractivity contribution in [1.82, 2.24) is 9.80 Å². The van der Waals surface area contributed by atoms with Gasteiger partial charge in [-0.25, -0.2) is 0 Å². The summed E-state index contributed by atoms with van der Waals surface area (Å²) in [6, 6.07) is 7.37. The van der Waals surface area contributed by atoms with Crippen molar-refractivity contribution in [2.45, 2.75) is 19.9 Å². The summed E-state index contributed by atoms with van der Waals surface area (Å²) in [5.74, 6) is 0.000253. The third-order valence-electron chi connectivity index (χ3n) is 3.84. The van der Waals surface area contributed by atoms with Crippen molar-refractivity contribution in [3.8, 4) is 0 Å². The first-order valence-corrected chi connectivity index (χ1v) is 7.14. The SMILES string of the molecule is CC(C)N1CCN(C(=O)c2cccc(/C(N)=N/O)c2)CC1. The number of nitrogens with zero attached hydrogens (tertiary/aromatic N) is 3. The highest BCUT2D eigenvalue weighted by Gasteiger charge is 2.23. The van der Waals surface area contributed by atoms with Gasteiger partial charge in [-0.1, -0.05) is 17.3 Å². The highest BCUT2D eigenvalue weighted by Crippen LogP contribution is 2.12. The van der Waals surface area contributed by atoms with Crippen LogP contribution in [-0.2, 0) is 0 Å². The van der Waals surface area contributed by atoms with E-state index in [-0.39, 0.29) is 11.7 Å². The first kappa shape index (κ1) is 15.3. The molecule has 0 atom stereocenters. The number of hydrogen-bond acceptors (Lipinski definition) is 4. The Hall–Kier alpha value is -2.08. The summed E-state index contributed by atoms with van der Waals surface area (Å²) in [7, 11) is 0. The van der Waals surface area contributed by atoms with Gasteiger partial charge in [0.2, 0.25) is 0 Å². The molecule has 0 radical (unpaired) electrons. The molecular weight excluding hydrogens is 268 g/mol. The van der Waals surface area contributed by atoms with E-state index in [1.807, 2.05) is 4.90 Å². The number of amidine groups is 1. The first-order valence-electron chi connectivity index (χ1n) is 7.14. The van der Waals surface area contributed by atoms with E-state index in [0.717, 1.165) is 26.2 Å². The Morgan fingerprint density at radius 3 is 2.43 bits per heavy atom. The van der Waals surface area contributed by atoms with Crippen molar-refractivity contribution in [1.29, 1.82) is 0 Å². The molecule has 21 heavy (non-hydrogen) atoms. The normalized spacial score (nSPS) is 17.3. The van der Waals surface area contributed by atoms with Gasteiger partial charge in [0.1, 0.15) is 0 Å². The van der Waals surface area contributed by atoms with E-state index in [4.69, 9.17) is 10.9 Å². The molecule has 0 saturated carbocycles. The molecule has 0 spiro atoms. The van der Waals surface area contributed by atoms with Crippen LogP contribution in [0.5, 0.6) is 0 Å². The molecular formula is C15H22N4O2. The van der Waals surface area contributed by atoms with E-state index in [9.17, 15) is 4.79 Å². The second-order valence-corrected chi connectivity index (χ2v) is 5.49. The lowest BCUT2D eigenvalue weighted by molar-refractivity contribution is 0.0595. The zero-order chi connectivity index (χ0) is 15.4. The predicted molar refractivity (Wildman–Crippen MR) is 81.6 cm³/mol. The Bertz CT molecular complexity index is 534. The van der Waals surface area contributed by atoms with Crippen LogP contribution in [0.1, 0.15) is 29.8 Å². The quantitative estimate of drug-likeness (QED) is 0.376. The Labute approximate surface area is 124 Å². The maximum atomic E-state index is 12.5. The van der Waals surface area contributed by atoms with Crippen LogP contribution in [-0.4, -0.2) is 59.0 Å². The second-order valence-electron chi connectivity index (χ2n) is 5.49. The van der Waals surface area contributed by atoms with Crippen molar-refractivity contribution in [3.63, 3.8) is 0 Å². The molecule has 1 heterocycles. The number of oxime groups is 1. The second kappa shape index (κ2) is 6.58. The predicted octanol–water partition coefficient (Wildman–Crippen LogP) is 0.947. The van der Waals surface area contributed by atoms with Crippen LogP contribution in [0.2, 0.25) is 0 Å². The van der Waals surface area contributed by atoms with Crippen molar-refractivity contribution >= 4 is 11.7 Å². The molecule has 0 bridgehead atoms. The van der Waals surface area contributed by atoms with Crippen molar-refractivity contribution < 1.29 is 10.0 Å². The summed E-state index contributed by atoms with van der Waals surface area (Å²) >= 11 is 0. The molecule has 1 aromatic rings. The standard InChI is InChI=1S/C15H22N4O2/c1-11(2)18-6-8-19(9-7-18)15(20)13-5-3-4-12(10-13)14(16)17-21/h3-5,10-11,21H,6-9H2,1-2H3,(H2,16,17). The maximum absolute atomic E-state index is 12.5. The fourth-order valence-corrected chi connectivity index (χ4v) is 2.49. The third-order valence-corrected chi connectivity index (χ3v) is 3.84. The van der Waals surface area contributed by atoms with Gasteiger partial charge in [-0.15, -0.1) is 0 Å². The minimum atomic E-state index is -0.00834. The van der Waals surface area contributed by atoms with Crippen LogP contribution >= 0.6 is 0 Å². The number of hydrogen-bond donors (Lipinski definition) is 2. The lowest BCUT2D eigenvalue weighted by Crippen LogP contribution is -2.50. The summed E-state index contributed by atoms with van der Waals surface area (Å²) in [6.45, 7) is 7.57. The van der Waals surface area contributed by atoms with E-state index in [2.05, 4.69) is 23.9 Å². The fourth-order valence-electron chi connectivity index (χ4n) is 2.49. The van der Waals surface area contributed by atoms with E-state index in [0.29, 0.717) is 17.2 Å². The number of rotatable bonds is 3. The van der Waals surface area contributed by atoms with Gasteiger partial charge in [0.05, 0.1) is 0 Å². The minimum Gasteiger partial charge on any atom is -0.409 e. The fraction of sp³-hybridized carbons (Fsp3) is 0.467. The summed E-state index contributed by atoms with van der Waals surface area (Å²) < 4.78 is 0. The number of benzene rings is 1. The number of carbonyl (C=O) groups excluding carboxylic acids is 1. The molecule has 1 aromatic carbocycles. The molecule has 1 amide bonds. The van der Waals surface area contributed by atoms with E-state index in [1.165, 1.54) is 0 Å². The molecule has 0 unspecified atom stereocenters. The van der Waals surface area contributed by atoms with E-state index >= 15 is 0 Å². The summed E-state index contributed by atoms with van der Waals surface area (Å²) in [4.78, 5) is 16.7. The largest absolute Gasteiger partial charge is 0.409 e. The Morgan fingerprint density at radius 2 is 1.86 bits per heavy atom. The zero-order valence-corrected chi connectivity index (χ0v) is 12.5. The monoisotopic (exact) mass is 290 g/mol. The van der Waals surface area contributed by atoms with Gasteiger partial charge in [-0.3, -0.25) is 9.69 Å². The summed E-state index contributed by atoms with van der Waals surface area (Å²) in [5, 5.41) is 11.7. The molecule has 1 saturated heterocycles. The molecule has 3 N–H and O–H groups in total. The minimum absolute atomic E-state index is 0.00834. The smallest absolute Gasteiger partial charge is 0.253 e. The van der Waals surface area contributed by atoms with Crippen LogP contribution < -0.4 is 5.73 Å². The van der Waals surface area contributed by atoms with Gasteiger partial charge < -0.3 is 15.8 Å². The van der Waals surface area contributed by atoms with Gasteiger partial charge in [0.15, 0.2) is 5.84 Å². The van der Waals surface area contributed by atoms with Gasteiger partial charge in [0.25, 0.3) is 5.91 Å². The van der Waals surface area contributed by atoms with Gasteiger partial charge >= 0.3 is 0 Å². The van der Waals surface area contributed by atoms with Gasteiger partial charge in [-0.05, 0) is 26.0 Å². The highest BCUT2D eigenvalue weighted by molar-refractivity contribution is 6.01. The summed E-state index contributed by atoms with van der Waals surface area (Å²) in [5.41, 5.74) is 6.67. The maximum Gasteiger partial charge on any atom is 0.253 e. The highest BCUT2D eigenvalue weighted by atomic mass is 16.4. The van der Waals surface area contributed by atoms with Crippen LogP contribution in [0.3, 0.4) is 0 Å². The molecule has 2 rings (SSSR count). The molecule has 6 heteroatoms. The topological polar surface area (TPSA) is 82.2 Å². The van der Waals surface area contributed by atoms with E-state index in [1.54, 1.807) is 24.3 Å². The average Bonchev–Trinajstić information content (AvgIpc) is 2.53. The molecule has 6 nitrogen and oxygen atoms in total. The Balaban J connectivity index is 2.08. The van der Waals surface area contributed by atoms with Crippen LogP contribution in [0.25, 0.3) is 0 Å². The van der Waals surface area contributed by atoms with Crippen molar-refractivity contribution in [2.24, 2.45) is 10.9 Å². The Morgan fingerprint density at radius 1 is 1.24 bits per heavy atom. The van der Waals surface area contributed by atoms with Crippen molar-refractivity contribution in [3.05, 3.63) is 35.4 Å². The van der Waals surface area contributed by atoms with Crippen LogP contribution in [0.4, 0.5) is 0 Å². The summed E-state index contributed by atoms with van der Waals surface area (Å²) in [6.07, 6.45) is 0. The van der Waals surface area contributed by atoms with Crippen LogP contribution in [0, 0.1) is 0 Å². The average molecular weight is 290 g/mol. The molecule has 1 aliphatic rings. The van der Waals surface area contributed by atoms with Crippen LogP contribution in [0.15, 0.2) is 29.4 Å². The van der Waals surface area contributed by atoms with Gasteiger partial charge in [-0.2, -0.15) is 0 Å². The molecule has 0 aromatic heterocycles. The molecule has 114 valence electrons. The lowest BCUT2D eigenvalue weighted by Gasteiger charge is -2.37.